The van der Waals surface area contributed by atoms with Gasteiger partial charge in [-0.15, -0.1) is 0 Å². The summed E-state index contributed by atoms with van der Waals surface area (Å²) in [6.45, 7) is 3.46. The second-order valence-electron chi connectivity index (χ2n) is 10.7. The summed E-state index contributed by atoms with van der Waals surface area (Å²) in [7, 11) is 0. The van der Waals surface area contributed by atoms with E-state index in [0.29, 0.717) is 17.4 Å². The minimum Gasteiger partial charge on any atom is -0.453 e. The van der Waals surface area contributed by atoms with Gasteiger partial charge in [0, 0.05) is 12.0 Å². The molecule has 2 saturated carbocycles. The molecule has 0 unspecified atom stereocenters. The van der Waals surface area contributed by atoms with Crippen molar-refractivity contribution >= 4 is 23.6 Å². The average Bonchev–Trinajstić information content (AvgIpc) is 3.67. The number of likely N-dealkylation sites (tertiary alicyclic amines) is 1. The Hall–Kier alpha value is -3.54. The van der Waals surface area contributed by atoms with Crippen LogP contribution in [0, 0.1) is 42.4 Å². The summed E-state index contributed by atoms with van der Waals surface area (Å²) in [6.07, 6.45) is 4.41. The van der Waals surface area contributed by atoms with Gasteiger partial charge in [-0.05, 0) is 49.5 Å². The molecule has 2 amide bonds. The number of esters is 1. The molecule has 2 aromatic rings. The molecule has 0 N–H and O–H groups in total. The molecule has 5 aliphatic rings. The molecule has 0 radical (unpaired) electrons. The van der Waals surface area contributed by atoms with Crippen molar-refractivity contribution in [2.75, 3.05) is 0 Å². The van der Waals surface area contributed by atoms with Gasteiger partial charge in [-0.3, -0.25) is 19.3 Å². The Morgan fingerprint density at radius 2 is 1.50 bits per heavy atom. The zero-order valence-electron chi connectivity index (χ0n) is 20.4. The molecule has 2 bridgehead atoms. The van der Waals surface area contributed by atoms with Gasteiger partial charge >= 0.3 is 5.97 Å². The number of benzene rings is 2. The lowest BCUT2D eigenvalue weighted by molar-refractivity contribution is -0.160. The lowest BCUT2D eigenvalue weighted by atomic mass is 9.63. The van der Waals surface area contributed by atoms with Gasteiger partial charge in [-0.2, -0.15) is 0 Å². The third kappa shape index (κ3) is 3.62. The fraction of sp³-hybridized carbons (Fsp3) is 0.400. The lowest BCUT2D eigenvalue weighted by Crippen LogP contribution is -2.49. The Kier molecular flexibility index (Phi) is 5.43. The normalized spacial score (nSPS) is 31.0. The van der Waals surface area contributed by atoms with Crippen LogP contribution in [0.15, 0.2) is 66.7 Å². The fourth-order valence-corrected chi connectivity index (χ4v) is 6.66. The first-order valence-electron chi connectivity index (χ1n) is 12.8. The summed E-state index contributed by atoms with van der Waals surface area (Å²) in [5.74, 6) is -1.29. The summed E-state index contributed by atoms with van der Waals surface area (Å²) in [6, 6.07) is 15.3. The highest BCUT2D eigenvalue weighted by Crippen LogP contribution is 2.65. The molecule has 6 nitrogen and oxygen atoms in total. The maximum atomic E-state index is 13.7. The molecular formula is C30H29NO5. The zero-order chi connectivity index (χ0) is 25.1. The minimum atomic E-state index is -1.11. The number of imide groups is 1. The third-order valence-corrected chi connectivity index (χ3v) is 8.55. The van der Waals surface area contributed by atoms with Gasteiger partial charge in [-0.25, -0.2) is 4.79 Å². The monoisotopic (exact) mass is 483 g/mol. The van der Waals surface area contributed by atoms with Gasteiger partial charge in [0.1, 0.15) is 6.04 Å². The van der Waals surface area contributed by atoms with Gasteiger partial charge in [0.15, 0.2) is 6.10 Å². The van der Waals surface area contributed by atoms with Crippen LogP contribution in [0.4, 0.5) is 0 Å². The number of rotatable bonds is 7. The summed E-state index contributed by atoms with van der Waals surface area (Å²) >= 11 is 0. The smallest absolute Gasteiger partial charge is 0.330 e. The highest BCUT2D eigenvalue weighted by atomic mass is 16.5. The number of aryl methyl sites for hydroxylation is 1. The number of hydrogen-bond donors (Lipinski definition) is 0. The van der Waals surface area contributed by atoms with E-state index in [0.717, 1.165) is 17.5 Å². The van der Waals surface area contributed by atoms with E-state index in [2.05, 4.69) is 12.2 Å². The lowest BCUT2D eigenvalue weighted by Gasteiger charge is -2.37. The largest absolute Gasteiger partial charge is 0.453 e. The molecule has 6 heteroatoms. The molecule has 4 aliphatic carbocycles. The van der Waals surface area contributed by atoms with Crippen LogP contribution in [0.25, 0.3) is 0 Å². The second kappa shape index (κ2) is 8.54. The minimum absolute atomic E-state index is 0.0712. The predicted octanol–water partition coefficient (Wildman–Crippen LogP) is 3.77. The van der Waals surface area contributed by atoms with Crippen LogP contribution in [0.2, 0.25) is 0 Å². The second-order valence-corrected chi connectivity index (χ2v) is 10.7. The Balaban J connectivity index is 1.27. The number of carbonyl (C=O) groups excluding carboxylic acids is 4. The number of nitrogens with zero attached hydrogens (tertiary/aromatic N) is 1. The van der Waals surface area contributed by atoms with E-state index in [4.69, 9.17) is 4.74 Å². The molecule has 8 atom stereocenters. The van der Waals surface area contributed by atoms with Crippen molar-refractivity contribution in [2.24, 2.45) is 35.5 Å². The van der Waals surface area contributed by atoms with Gasteiger partial charge < -0.3 is 4.74 Å². The predicted molar refractivity (Wildman–Crippen MR) is 132 cm³/mol. The number of ether oxygens (including phenoxy) is 1. The molecule has 0 spiro atoms. The number of carbonyl (C=O) groups is 4. The Bertz CT molecular complexity index is 1230. The average molecular weight is 484 g/mol. The van der Waals surface area contributed by atoms with Crippen molar-refractivity contribution < 1.29 is 23.9 Å². The highest BCUT2D eigenvalue weighted by molar-refractivity contribution is 6.09. The summed E-state index contributed by atoms with van der Waals surface area (Å²) < 4.78 is 5.64. The number of ketones is 1. The zero-order valence-corrected chi connectivity index (χ0v) is 20.4. The molecule has 1 saturated heterocycles. The Morgan fingerprint density at radius 1 is 0.917 bits per heavy atom. The fourth-order valence-electron chi connectivity index (χ4n) is 6.66. The van der Waals surface area contributed by atoms with Crippen molar-refractivity contribution in [1.29, 1.82) is 0 Å². The van der Waals surface area contributed by atoms with Crippen molar-refractivity contribution in [3.63, 3.8) is 0 Å². The first-order valence-corrected chi connectivity index (χ1v) is 12.8. The first kappa shape index (κ1) is 22.9. The van der Waals surface area contributed by atoms with Crippen LogP contribution in [-0.4, -0.2) is 40.6 Å². The van der Waals surface area contributed by atoms with E-state index in [1.165, 1.54) is 11.8 Å². The maximum absolute atomic E-state index is 13.7. The first-order chi connectivity index (χ1) is 17.3. The van der Waals surface area contributed by atoms with Crippen LogP contribution in [0.5, 0.6) is 0 Å². The molecule has 1 heterocycles. The van der Waals surface area contributed by atoms with Crippen LogP contribution in [0.3, 0.4) is 0 Å². The van der Waals surface area contributed by atoms with Crippen molar-refractivity contribution in [3.05, 3.63) is 83.4 Å². The van der Waals surface area contributed by atoms with Gasteiger partial charge in [0.25, 0.3) is 0 Å². The SMILES string of the molecule is Cc1ccc(C(=O)[C@H](C)OC(=O)[C@@H](Cc2ccccc2)N2C(=O)[C@@H]3[C@@H]4C=C[C@H]([C@H]5C[C@H]45)[C@@H]3C2=O)cc1. The molecule has 184 valence electrons. The Morgan fingerprint density at radius 3 is 2.08 bits per heavy atom. The van der Waals surface area contributed by atoms with Gasteiger partial charge in [0.2, 0.25) is 17.6 Å². The molecule has 0 aromatic heterocycles. The van der Waals surface area contributed by atoms with E-state index < -0.39 is 30.0 Å². The number of hydrogen-bond acceptors (Lipinski definition) is 5. The molecular weight excluding hydrogens is 454 g/mol. The van der Waals surface area contributed by atoms with E-state index in [1.54, 1.807) is 12.1 Å². The number of amides is 2. The summed E-state index contributed by atoms with van der Waals surface area (Å²) in [5.41, 5.74) is 2.28. The molecule has 36 heavy (non-hydrogen) atoms. The molecule has 2 aromatic carbocycles. The number of allylic oxidation sites excluding steroid dienone is 2. The van der Waals surface area contributed by atoms with Crippen LogP contribution in [-0.2, 0) is 25.5 Å². The standard InChI is InChI=1S/C30H29NO5/c1-16-8-10-19(11-9-16)27(32)17(2)36-30(35)24(14-18-6-4-3-5-7-18)31-28(33)25-20-12-13-21(23-15-22(20)23)26(25)29(31)34/h3-13,17,20-26H,14-15H2,1-2H3/t17-,20+,21+,22+,23+,24+,25-,26+/m0/s1. The van der Waals surface area contributed by atoms with E-state index >= 15 is 0 Å². The van der Waals surface area contributed by atoms with Crippen LogP contribution >= 0.6 is 0 Å². The quantitative estimate of drug-likeness (QED) is 0.259. The van der Waals surface area contributed by atoms with Crippen molar-refractivity contribution in [1.82, 2.24) is 4.90 Å². The van der Waals surface area contributed by atoms with E-state index in [1.807, 2.05) is 49.4 Å². The van der Waals surface area contributed by atoms with E-state index in [9.17, 15) is 19.2 Å². The highest BCUT2D eigenvalue weighted by Gasteiger charge is 2.68. The molecule has 7 rings (SSSR count). The topological polar surface area (TPSA) is 80.8 Å². The van der Waals surface area contributed by atoms with E-state index in [-0.39, 0.29) is 35.9 Å². The van der Waals surface area contributed by atoms with Gasteiger partial charge in [-0.1, -0.05) is 72.3 Å². The van der Waals surface area contributed by atoms with Crippen molar-refractivity contribution in [2.45, 2.75) is 38.8 Å². The number of Topliss-reactive ketones (excluding diaryl/α,β-unsaturated/α-hetero) is 1. The van der Waals surface area contributed by atoms with Crippen LogP contribution < -0.4 is 0 Å². The molecule has 1 aliphatic heterocycles. The summed E-state index contributed by atoms with van der Waals surface area (Å²) in [5, 5.41) is 0. The van der Waals surface area contributed by atoms with Gasteiger partial charge in [0.05, 0.1) is 11.8 Å². The van der Waals surface area contributed by atoms with Crippen LogP contribution in [0.1, 0.15) is 34.8 Å². The maximum Gasteiger partial charge on any atom is 0.330 e. The third-order valence-electron chi connectivity index (χ3n) is 8.55. The Labute approximate surface area is 210 Å². The molecule has 3 fully saturated rings. The van der Waals surface area contributed by atoms with Crippen molar-refractivity contribution in [3.8, 4) is 0 Å². The summed E-state index contributed by atoms with van der Waals surface area (Å²) in [4.78, 5) is 55.1.